The number of aliphatic hydroxyl groups excluding tert-OH is 1. The Balaban J connectivity index is 1.70. The van der Waals surface area contributed by atoms with E-state index in [-0.39, 0.29) is 24.1 Å². The second kappa shape index (κ2) is 10.2. The van der Waals surface area contributed by atoms with Gasteiger partial charge in [-0.15, -0.1) is 0 Å². The van der Waals surface area contributed by atoms with Gasteiger partial charge in [-0.25, -0.2) is 9.67 Å². The lowest BCUT2D eigenvalue weighted by Gasteiger charge is -2.28. The summed E-state index contributed by atoms with van der Waals surface area (Å²) in [5, 5.41) is 19.6. The summed E-state index contributed by atoms with van der Waals surface area (Å²) in [6.07, 6.45) is -3.34. The summed E-state index contributed by atoms with van der Waals surface area (Å²) in [6, 6.07) is 1.27. The number of benzene rings is 1. The van der Waals surface area contributed by atoms with Gasteiger partial charge in [0.25, 0.3) is 0 Å². The highest BCUT2D eigenvalue weighted by atomic mass is 19.4. The van der Waals surface area contributed by atoms with Gasteiger partial charge in [-0.2, -0.15) is 36.4 Å². The van der Waals surface area contributed by atoms with E-state index in [1.54, 1.807) is 6.20 Å². The second-order valence-electron chi connectivity index (χ2n) is 8.97. The van der Waals surface area contributed by atoms with Gasteiger partial charge in [0.1, 0.15) is 12.0 Å². The van der Waals surface area contributed by atoms with Crippen molar-refractivity contribution < 1.29 is 31.4 Å². The normalized spacial score (nSPS) is 19.5. The molecule has 14 heteroatoms. The van der Waals surface area contributed by atoms with Crippen molar-refractivity contribution in [2.45, 2.75) is 63.3 Å². The fourth-order valence-electron chi connectivity index (χ4n) is 4.06. The van der Waals surface area contributed by atoms with Crippen molar-refractivity contribution in [2.24, 2.45) is 5.73 Å². The largest absolute Gasteiger partial charge is 0.416 e. The molecule has 2 heterocycles. The molecule has 8 nitrogen and oxygen atoms in total. The number of hydrogen-bond acceptors (Lipinski definition) is 7. The van der Waals surface area contributed by atoms with Crippen LogP contribution in [0.3, 0.4) is 0 Å². The van der Waals surface area contributed by atoms with Crippen LogP contribution in [-0.4, -0.2) is 36.9 Å². The number of aromatic nitrogens is 4. The number of aliphatic hydroxyl groups is 1. The van der Waals surface area contributed by atoms with Crippen LogP contribution in [0.25, 0.3) is 11.1 Å². The number of nitrogens with two attached hydrogens (primary N) is 1. The van der Waals surface area contributed by atoms with Crippen LogP contribution in [0.2, 0.25) is 0 Å². The number of nitrogens with one attached hydrogen (secondary N) is 2. The molecular formula is C23H25F6N7O. The highest BCUT2D eigenvalue weighted by Crippen LogP contribution is 2.38. The summed E-state index contributed by atoms with van der Waals surface area (Å²) in [5.41, 5.74) is 3.65. The van der Waals surface area contributed by atoms with E-state index in [4.69, 9.17) is 5.73 Å². The number of halogens is 6. The fourth-order valence-corrected chi connectivity index (χ4v) is 4.06. The van der Waals surface area contributed by atoms with E-state index in [0.717, 1.165) is 25.7 Å². The van der Waals surface area contributed by atoms with Crippen LogP contribution in [0, 0.1) is 0 Å². The predicted octanol–water partition coefficient (Wildman–Crippen LogP) is 5.31. The number of alkyl halides is 6. The number of rotatable bonds is 6. The summed E-state index contributed by atoms with van der Waals surface area (Å²) in [6.45, 7) is 1.52. The highest BCUT2D eigenvalue weighted by Gasteiger charge is 2.37. The Labute approximate surface area is 207 Å². The summed E-state index contributed by atoms with van der Waals surface area (Å²) < 4.78 is 80.8. The molecule has 1 atom stereocenters. The monoisotopic (exact) mass is 529 g/mol. The molecule has 1 unspecified atom stereocenters. The number of anilines is 3. The average Bonchev–Trinajstić information content (AvgIpc) is 3.30. The Morgan fingerprint density at radius 3 is 2.16 bits per heavy atom. The third kappa shape index (κ3) is 6.49. The molecule has 0 bridgehead atoms. The standard InChI is InChI=1S/C23H25F6N7O/c1-12(37)36-11-13(9-32-36)19-10-31-21(35-20(19)33-17-4-2-16(30)3-5-17)34-18-7-14(22(24,25)26)6-15(8-18)23(27,28)29/h6-12,16-17,37H,2-5,30H2,1H3,(H2,31,33,34,35). The van der Waals surface area contributed by atoms with Crippen LogP contribution in [-0.2, 0) is 12.4 Å². The van der Waals surface area contributed by atoms with Crippen molar-refractivity contribution in [3.8, 4) is 11.1 Å². The molecule has 0 radical (unpaired) electrons. The zero-order valence-electron chi connectivity index (χ0n) is 19.6. The van der Waals surface area contributed by atoms with Crippen molar-refractivity contribution in [1.29, 1.82) is 0 Å². The molecule has 1 aliphatic carbocycles. The average molecular weight is 529 g/mol. The molecule has 0 aliphatic heterocycles. The third-order valence-corrected chi connectivity index (χ3v) is 6.04. The van der Waals surface area contributed by atoms with Gasteiger partial charge in [0.05, 0.1) is 17.3 Å². The van der Waals surface area contributed by atoms with Crippen LogP contribution in [0.1, 0.15) is 50.0 Å². The van der Waals surface area contributed by atoms with E-state index in [2.05, 4.69) is 25.7 Å². The maximum atomic E-state index is 13.3. The van der Waals surface area contributed by atoms with Gasteiger partial charge in [0.2, 0.25) is 5.95 Å². The quantitative estimate of drug-likeness (QED) is 0.320. The first-order valence-corrected chi connectivity index (χ1v) is 11.5. The number of hydrogen-bond donors (Lipinski definition) is 4. The van der Waals surface area contributed by atoms with Crippen molar-refractivity contribution >= 4 is 17.5 Å². The first kappa shape index (κ1) is 26.7. The lowest BCUT2D eigenvalue weighted by atomic mass is 9.91. The number of nitrogens with zero attached hydrogens (tertiary/aromatic N) is 4. The van der Waals surface area contributed by atoms with E-state index >= 15 is 0 Å². The van der Waals surface area contributed by atoms with Gasteiger partial charge in [0.15, 0.2) is 0 Å². The Bertz CT molecular complexity index is 1200. The van der Waals surface area contributed by atoms with Crippen molar-refractivity contribution in [1.82, 2.24) is 19.7 Å². The Morgan fingerprint density at radius 2 is 1.62 bits per heavy atom. The SMILES string of the molecule is CC(O)n1cc(-c2cnc(Nc3cc(C(F)(F)F)cc(C(F)(F)F)c3)nc2NC2CCC(N)CC2)cn1. The van der Waals surface area contributed by atoms with E-state index in [0.29, 0.717) is 29.1 Å². The molecule has 200 valence electrons. The summed E-state index contributed by atoms with van der Waals surface area (Å²) in [4.78, 5) is 8.48. The van der Waals surface area contributed by atoms with Crippen LogP contribution in [0.15, 0.2) is 36.8 Å². The predicted molar refractivity (Wildman–Crippen MR) is 124 cm³/mol. The molecule has 3 aromatic rings. The Morgan fingerprint density at radius 1 is 1.00 bits per heavy atom. The van der Waals surface area contributed by atoms with Gasteiger partial charge >= 0.3 is 12.4 Å². The molecule has 37 heavy (non-hydrogen) atoms. The minimum atomic E-state index is -4.99. The topological polar surface area (TPSA) is 114 Å². The maximum Gasteiger partial charge on any atom is 0.416 e. The van der Waals surface area contributed by atoms with Crippen molar-refractivity contribution in [2.75, 3.05) is 10.6 Å². The third-order valence-electron chi connectivity index (χ3n) is 6.04. The molecule has 1 saturated carbocycles. The zero-order chi connectivity index (χ0) is 27.0. The van der Waals surface area contributed by atoms with Gasteiger partial charge in [-0.05, 0) is 50.8 Å². The summed E-state index contributed by atoms with van der Waals surface area (Å²) in [5.74, 6) is 0.111. The van der Waals surface area contributed by atoms with E-state index < -0.39 is 35.4 Å². The first-order chi connectivity index (χ1) is 17.3. The molecule has 1 fully saturated rings. The molecule has 0 amide bonds. The zero-order valence-corrected chi connectivity index (χ0v) is 19.6. The molecule has 0 spiro atoms. The molecule has 1 aliphatic rings. The maximum absolute atomic E-state index is 13.3. The minimum absolute atomic E-state index is 0.00139. The van der Waals surface area contributed by atoms with E-state index in [1.807, 2.05) is 0 Å². The molecule has 0 saturated heterocycles. The van der Waals surface area contributed by atoms with E-state index in [9.17, 15) is 31.4 Å². The fraction of sp³-hybridized carbons (Fsp3) is 0.435. The van der Waals surface area contributed by atoms with Crippen LogP contribution >= 0.6 is 0 Å². The first-order valence-electron chi connectivity index (χ1n) is 11.5. The van der Waals surface area contributed by atoms with E-state index in [1.165, 1.54) is 24.0 Å². The van der Waals surface area contributed by atoms with Crippen LogP contribution < -0.4 is 16.4 Å². The van der Waals surface area contributed by atoms with Gasteiger partial charge in [0, 0.05) is 41.3 Å². The van der Waals surface area contributed by atoms with Crippen LogP contribution in [0.4, 0.5) is 43.8 Å². The van der Waals surface area contributed by atoms with Crippen LogP contribution in [0.5, 0.6) is 0 Å². The molecule has 4 rings (SSSR count). The van der Waals surface area contributed by atoms with Gasteiger partial charge < -0.3 is 21.5 Å². The Hall–Kier alpha value is -3.39. The summed E-state index contributed by atoms with van der Waals surface area (Å²) in [7, 11) is 0. The minimum Gasteiger partial charge on any atom is -0.372 e. The van der Waals surface area contributed by atoms with Crippen molar-refractivity contribution in [3.63, 3.8) is 0 Å². The van der Waals surface area contributed by atoms with Gasteiger partial charge in [-0.1, -0.05) is 0 Å². The lowest BCUT2D eigenvalue weighted by molar-refractivity contribution is -0.143. The molecule has 1 aromatic carbocycles. The van der Waals surface area contributed by atoms with Crippen molar-refractivity contribution in [3.05, 3.63) is 47.9 Å². The lowest BCUT2D eigenvalue weighted by Crippen LogP contribution is -2.33. The molecular weight excluding hydrogens is 504 g/mol. The second-order valence-corrected chi connectivity index (χ2v) is 8.97. The summed E-state index contributed by atoms with van der Waals surface area (Å²) >= 11 is 0. The molecule has 2 aromatic heterocycles. The molecule has 5 N–H and O–H groups in total. The highest BCUT2D eigenvalue weighted by molar-refractivity contribution is 5.75. The Kier molecular flexibility index (Phi) is 7.33. The smallest absolute Gasteiger partial charge is 0.372 e. The van der Waals surface area contributed by atoms with Gasteiger partial charge in [-0.3, -0.25) is 0 Å².